The Hall–Kier alpha value is 0.477. The number of esters is 2. The van der Waals surface area contributed by atoms with Crippen LogP contribution in [0.4, 0.5) is 0 Å². The molecule has 1 aliphatic heterocycles. The van der Waals surface area contributed by atoms with Crippen LogP contribution in [-0.4, -0.2) is 11.9 Å². The molecule has 4 heteroatoms. The number of fused-ring (bicyclic) bond motifs is 1. The van der Waals surface area contributed by atoms with E-state index in [9.17, 15) is 9.59 Å². The molecule has 62 valence electrons. The Labute approximate surface area is 131 Å². The zero-order chi connectivity index (χ0) is 7.84. The van der Waals surface area contributed by atoms with Crippen LogP contribution in [0.3, 0.4) is 0 Å². The molecule has 0 saturated carbocycles. The van der Waals surface area contributed by atoms with Crippen molar-refractivity contribution < 1.29 is 86.2 Å². The number of rotatable bonds is 0. The number of cyclic esters (lactones) is 2. The predicted molar refractivity (Wildman–Crippen MR) is 36.2 cm³/mol. The molecule has 0 radical (unpaired) electrons. The second kappa shape index (κ2) is 4.12. The van der Waals surface area contributed by atoms with Gasteiger partial charge in [0.25, 0.3) is 0 Å². The molecule has 0 N–H and O–H groups in total. The van der Waals surface area contributed by atoms with Gasteiger partial charge in [-0.2, -0.15) is 0 Å². The number of hydrogen-bond acceptors (Lipinski definition) is 3. The van der Waals surface area contributed by atoms with E-state index in [4.69, 9.17) is 0 Å². The normalized spacial score (nSPS) is 13.3. The first kappa shape index (κ1) is 10.6. The Balaban J connectivity index is 0.000000720. The van der Waals surface area contributed by atoms with Crippen LogP contribution in [0, 0.1) is 71.9 Å². The third-order valence-electron chi connectivity index (χ3n) is 1.55. The van der Waals surface area contributed by atoms with Crippen LogP contribution in [0.25, 0.3) is 0 Å². The number of benzene rings is 1. The van der Waals surface area contributed by atoms with E-state index in [1.807, 2.05) is 0 Å². The van der Waals surface area contributed by atoms with Crippen molar-refractivity contribution >= 4 is 11.9 Å². The first-order valence-electron chi connectivity index (χ1n) is 3.14. The number of ether oxygens (including phenoxy) is 1. The molecule has 0 saturated heterocycles. The summed E-state index contributed by atoms with van der Waals surface area (Å²) in [7, 11) is 0. The molecule has 1 aromatic rings. The van der Waals surface area contributed by atoms with Gasteiger partial charge < -0.3 is 4.74 Å². The molecule has 0 bridgehead atoms. The van der Waals surface area contributed by atoms with Gasteiger partial charge in [-0.25, -0.2) is 9.59 Å². The Morgan fingerprint density at radius 2 is 1.33 bits per heavy atom. The van der Waals surface area contributed by atoms with E-state index < -0.39 is 11.9 Å². The van der Waals surface area contributed by atoms with Gasteiger partial charge in [0.1, 0.15) is 0 Å². The van der Waals surface area contributed by atoms with E-state index >= 15 is 0 Å². The third-order valence-corrected chi connectivity index (χ3v) is 1.55. The Kier molecular flexibility index (Phi) is 3.63. The molecule has 0 spiro atoms. The largest absolute Gasteiger partial charge is 0.386 e. The second-order valence-corrected chi connectivity index (χ2v) is 2.22. The summed E-state index contributed by atoms with van der Waals surface area (Å²) in [5.41, 5.74) is 0.718. The van der Waals surface area contributed by atoms with Crippen LogP contribution in [0.15, 0.2) is 24.3 Å². The van der Waals surface area contributed by atoms with E-state index in [0.29, 0.717) is 11.1 Å². The number of hydrogen-bond donors (Lipinski definition) is 0. The molecule has 0 unspecified atom stereocenters. The summed E-state index contributed by atoms with van der Waals surface area (Å²) < 4.78 is 4.35. The maximum absolute atomic E-state index is 10.8. The van der Waals surface area contributed by atoms with Gasteiger partial charge in [0.05, 0.1) is 11.1 Å². The average molecular weight is 370 g/mol. The zero-order valence-electron chi connectivity index (χ0n) is 5.89. The molecule has 12 heavy (non-hydrogen) atoms. The van der Waals surface area contributed by atoms with Gasteiger partial charge in [0.2, 0.25) is 0 Å². The Bertz CT molecular complexity index is 313. The van der Waals surface area contributed by atoms with Gasteiger partial charge in [-0.15, -0.1) is 0 Å². The number of carbonyl (C=O) groups excluding carboxylic acids is 2. The van der Waals surface area contributed by atoms with E-state index in [1.54, 1.807) is 24.3 Å². The summed E-state index contributed by atoms with van der Waals surface area (Å²) in [5, 5.41) is 0. The fourth-order valence-corrected chi connectivity index (χ4v) is 1.03. The van der Waals surface area contributed by atoms with Crippen LogP contribution >= 0.6 is 0 Å². The van der Waals surface area contributed by atoms with Crippen molar-refractivity contribution in [3.63, 3.8) is 0 Å². The van der Waals surface area contributed by atoms with Gasteiger partial charge in [-0.1, -0.05) is 12.1 Å². The van der Waals surface area contributed by atoms with Crippen LogP contribution in [0.2, 0.25) is 0 Å². The van der Waals surface area contributed by atoms with Gasteiger partial charge in [-0.05, 0) is 12.1 Å². The molecule has 1 aromatic carbocycles. The molecule has 0 aromatic heterocycles. The van der Waals surface area contributed by atoms with Crippen molar-refractivity contribution in [2.75, 3.05) is 0 Å². The van der Waals surface area contributed by atoms with Gasteiger partial charge >= 0.3 is 11.9 Å². The van der Waals surface area contributed by atoms with Crippen molar-refractivity contribution in [2.24, 2.45) is 0 Å². The Morgan fingerprint density at radius 1 is 0.917 bits per heavy atom. The summed E-state index contributed by atoms with van der Waals surface area (Å²) in [6, 6.07) is 6.53. The number of carbonyl (C=O) groups is 2. The first-order chi connectivity index (χ1) is 5.29. The first-order valence-corrected chi connectivity index (χ1v) is 3.14. The van der Waals surface area contributed by atoms with E-state index in [2.05, 4.69) is 4.74 Å². The minimum absolute atomic E-state index is 0. The summed E-state index contributed by atoms with van der Waals surface area (Å²) in [6.45, 7) is 0. The van der Waals surface area contributed by atoms with E-state index in [1.165, 1.54) is 0 Å². The molecular weight excluding hydrogens is 366 g/mol. The van der Waals surface area contributed by atoms with Crippen LogP contribution < -0.4 is 0 Å². The maximum atomic E-state index is 10.8. The van der Waals surface area contributed by atoms with Gasteiger partial charge in [0.15, 0.2) is 0 Å². The van der Waals surface area contributed by atoms with Crippen molar-refractivity contribution in [3.05, 3.63) is 35.4 Å². The standard InChI is InChI=1S/C8H4O3.Rn/c9-7-5-3-1-2-4-6(5)8(10)11-7;/h1-4H;. The van der Waals surface area contributed by atoms with Crippen LogP contribution in [0.5, 0.6) is 0 Å². The zero-order valence-corrected chi connectivity index (χ0v) is 8.64. The molecule has 0 atom stereocenters. The molecule has 1 heterocycles. The van der Waals surface area contributed by atoms with Crippen molar-refractivity contribution in [1.82, 2.24) is 0 Å². The quantitative estimate of drug-likeness (QED) is 0.506. The van der Waals surface area contributed by atoms with E-state index in [0.717, 1.165) is 0 Å². The fraction of sp³-hybridized carbons (Fsp3) is 0. The predicted octanol–water partition coefficient (Wildman–Crippen LogP) is 0.997. The maximum Gasteiger partial charge on any atom is 0.346 e. The minimum Gasteiger partial charge on any atom is -0.386 e. The second-order valence-electron chi connectivity index (χ2n) is 2.22. The molecule has 1 aliphatic rings. The van der Waals surface area contributed by atoms with Crippen molar-refractivity contribution in [3.8, 4) is 0 Å². The Morgan fingerprint density at radius 3 is 1.75 bits per heavy atom. The minimum atomic E-state index is -0.550. The summed E-state index contributed by atoms with van der Waals surface area (Å²) in [6.07, 6.45) is 0. The van der Waals surface area contributed by atoms with Gasteiger partial charge in [0, 0.05) is 71.9 Å². The summed E-state index contributed by atoms with van der Waals surface area (Å²) in [4.78, 5) is 21.7. The van der Waals surface area contributed by atoms with Crippen molar-refractivity contribution in [2.45, 2.75) is 0 Å². The van der Waals surface area contributed by atoms with Crippen LogP contribution in [-0.2, 0) is 4.74 Å². The van der Waals surface area contributed by atoms with Crippen molar-refractivity contribution in [1.29, 1.82) is 0 Å². The summed E-state index contributed by atoms with van der Waals surface area (Å²) in [5.74, 6) is -1.10. The SMILES string of the molecule is O=C1OC(=O)c2ccccc21.[Rn]. The monoisotopic (exact) mass is 370 g/mol. The molecule has 0 fully saturated rings. The molecule has 0 amide bonds. The fourth-order valence-electron chi connectivity index (χ4n) is 1.03. The summed E-state index contributed by atoms with van der Waals surface area (Å²) >= 11 is 0. The topological polar surface area (TPSA) is 43.4 Å². The molecular formula is C8H4O3Rn. The molecule has 0 aliphatic carbocycles. The smallest absolute Gasteiger partial charge is 0.346 e. The molecule has 2 rings (SSSR count). The van der Waals surface area contributed by atoms with E-state index in [-0.39, 0.29) is 71.9 Å². The third kappa shape index (κ3) is 1.71. The molecule has 3 nitrogen and oxygen atoms in total. The van der Waals surface area contributed by atoms with Gasteiger partial charge in [-0.3, -0.25) is 0 Å². The van der Waals surface area contributed by atoms with Crippen LogP contribution in [0.1, 0.15) is 20.7 Å². The average Bonchev–Trinajstić information content (AvgIpc) is 2.30.